The molecule has 3 atom stereocenters. The van der Waals surface area contributed by atoms with Crippen LogP contribution in [0.3, 0.4) is 0 Å². The van der Waals surface area contributed by atoms with E-state index in [0.29, 0.717) is 0 Å². The Balaban J connectivity index is 2.38. The topological polar surface area (TPSA) is 49.8 Å². The van der Waals surface area contributed by atoms with Crippen LogP contribution in [0.25, 0.3) is 0 Å². The van der Waals surface area contributed by atoms with Crippen LogP contribution in [0.1, 0.15) is 32.4 Å². The Morgan fingerprint density at radius 1 is 1.32 bits per heavy atom. The second-order valence-electron chi connectivity index (χ2n) is 5.46. The van der Waals surface area contributed by atoms with Gasteiger partial charge in [0, 0.05) is 13.0 Å². The molecule has 0 unspecified atom stereocenters. The number of amides is 1. The van der Waals surface area contributed by atoms with E-state index in [0.717, 1.165) is 5.56 Å². The second-order valence-corrected chi connectivity index (χ2v) is 5.46. The van der Waals surface area contributed by atoms with E-state index in [1.54, 1.807) is 25.8 Å². The molecular weight excluding hydrogens is 242 g/mol. The molecule has 0 saturated carbocycles. The zero-order valence-electron chi connectivity index (χ0n) is 11.8. The first-order chi connectivity index (χ1) is 8.88. The number of hydrogen-bond acceptors (Lipinski definition) is 3. The minimum Gasteiger partial charge on any atom is -0.358 e. The Hall–Kier alpha value is -1.39. The summed E-state index contributed by atoms with van der Waals surface area (Å²) >= 11 is 0. The number of likely N-dealkylation sites (N-methyl/N-ethyl adjacent to an activating group) is 1. The van der Waals surface area contributed by atoms with Crippen LogP contribution in [-0.4, -0.2) is 34.8 Å². The lowest BCUT2D eigenvalue weighted by Gasteiger charge is -2.46. The summed E-state index contributed by atoms with van der Waals surface area (Å²) in [4.78, 5) is 13.8. The van der Waals surface area contributed by atoms with Gasteiger partial charge in [-0.3, -0.25) is 4.79 Å². The van der Waals surface area contributed by atoms with Crippen LogP contribution in [0.5, 0.6) is 0 Å². The van der Waals surface area contributed by atoms with E-state index in [1.807, 2.05) is 37.3 Å². The summed E-state index contributed by atoms with van der Waals surface area (Å²) in [5, 5.41) is 10.5. The standard InChI is InChI=1S/C15H21NO3/c1-10(2)15(18)14(17)16(4)11(3)13(19-15)12-8-6-5-7-9-12/h5-11,13,18H,1-4H3/t11-,13-,15-/m0/s1. The number of rotatable bonds is 2. The summed E-state index contributed by atoms with van der Waals surface area (Å²) in [7, 11) is 1.71. The lowest BCUT2D eigenvalue weighted by atomic mass is 9.93. The van der Waals surface area contributed by atoms with Gasteiger partial charge in [-0.2, -0.15) is 0 Å². The van der Waals surface area contributed by atoms with Gasteiger partial charge in [-0.25, -0.2) is 0 Å². The molecular formula is C15H21NO3. The molecule has 1 fully saturated rings. The van der Waals surface area contributed by atoms with E-state index in [4.69, 9.17) is 4.74 Å². The van der Waals surface area contributed by atoms with Crippen LogP contribution in [0, 0.1) is 5.92 Å². The average molecular weight is 263 g/mol. The number of benzene rings is 1. The highest BCUT2D eigenvalue weighted by Crippen LogP contribution is 2.37. The smallest absolute Gasteiger partial charge is 0.283 e. The lowest BCUT2D eigenvalue weighted by Crippen LogP contribution is -2.62. The fourth-order valence-corrected chi connectivity index (χ4v) is 2.36. The molecule has 0 spiro atoms. The molecule has 4 heteroatoms. The maximum absolute atomic E-state index is 12.2. The van der Waals surface area contributed by atoms with E-state index < -0.39 is 5.79 Å². The lowest BCUT2D eigenvalue weighted by molar-refractivity contribution is -0.279. The zero-order valence-corrected chi connectivity index (χ0v) is 11.8. The number of nitrogens with zero attached hydrogens (tertiary/aromatic N) is 1. The molecule has 0 aromatic heterocycles. The first-order valence-electron chi connectivity index (χ1n) is 6.60. The number of carbonyl (C=O) groups is 1. The minimum atomic E-state index is -1.75. The van der Waals surface area contributed by atoms with E-state index in [9.17, 15) is 9.90 Å². The number of aliphatic hydroxyl groups is 1. The van der Waals surface area contributed by atoms with Gasteiger partial charge in [0.1, 0.15) is 6.10 Å². The van der Waals surface area contributed by atoms with Gasteiger partial charge in [-0.1, -0.05) is 44.2 Å². The molecule has 0 bridgehead atoms. The van der Waals surface area contributed by atoms with Crippen LogP contribution < -0.4 is 0 Å². The maximum atomic E-state index is 12.2. The van der Waals surface area contributed by atoms with E-state index in [1.165, 1.54) is 0 Å². The molecule has 1 N–H and O–H groups in total. The fourth-order valence-electron chi connectivity index (χ4n) is 2.36. The maximum Gasteiger partial charge on any atom is 0.283 e. The minimum absolute atomic E-state index is 0.117. The largest absolute Gasteiger partial charge is 0.358 e. The monoisotopic (exact) mass is 263 g/mol. The SMILES string of the molecule is CC(C)[C@]1(O)O[C@H](c2ccccc2)[C@H](C)N(C)C1=O. The molecule has 0 radical (unpaired) electrons. The van der Waals surface area contributed by atoms with Gasteiger partial charge in [-0.05, 0) is 12.5 Å². The van der Waals surface area contributed by atoms with Crippen molar-refractivity contribution in [1.29, 1.82) is 0 Å². The van der Waals surface area contributed by atoms with Gasteiger partial charge in [0.2, 0.25) is 0 Å². The first-order valence-corrected chi connectivity index (χ1v) is 6.60. The molecule has 1 aliphatic rings. The normalized spacial score (nSPS) is 31.9. The number of carbonyl (C=O) groups excluding carboxylic acids is 1. The van der Waals surface area contributed by atoms with Crippen LogP contribution in [0.4, 0.5) is 0 Å². The molecule has 4 nitrogen and oxygen atoms in total. The predicted molar refractivity (Wildman–Crippen MR) is 72.3 cm³/mol. The highest BCUT2D eigenvalue weighted by Gasteiger charge is 2.51. The molecule has 1 aromatic carbocycles. The molecule has 1 saturated heterocycles. The van der Waals surface area contributed by atoms with Crippen molar-refractivity contribution in [3.63, 3.8) is 0 Å². The first kappa shape index (κ1) is 14.0. The van der Waals surface area contributed by atoms with Crippen LogP contribution in [0.2, 0.25) is 0 Å². The van der Waals surface area contributed by atoms with Crippen LogP contribution in [0.15, 0.2) is 30.3 Å². The van der Waals surface area contributed by atoms with Crippen molar-refractivity contribution in [1.82, 2.24) is 4.90 Å². The number of morpholine rings is 1. The average Bonchev–Trinajstić information content (AvgIpc) is 2.41. The summed E-state index contributed by atoms with van der Waals surface area (Å²) in [5.74, 6) is -2.43. The third-order valence-corrected chi connectivity index (χ3v) is 3.89. The third kappa shape index (κ3) is 2.26. The molecule has 2 rings (SSSR count). The van der Waals surface area contributed by atoms with Crippen molar-refractivity contribution in [3.8, 4) is 0 Å². The molecule has 0 aliphatic carbocycles. The molecule has 1 aromatic rings. The summed E-state index contributed by atoms with van der Waals surface area (Å²) in [5.41, 5.74) is 0.966. The van der Waals surface area contributed by atoms with Crippen LogP contribution in [-0.2, 0) is 9.53 Å². The van der Waals surface area contributed by atoms with Crippen LogP contribution >= 0.6 is 0 Å². The van der Waals surface area contributed by atoms with Gasteiger partial charge in [-0.15, -0.1) is 0 Å². The molecule has 19 heavy (non-hydrogen) atoms. The highest BCUT2D eigenvalue weighted by molar-refractivity contribution is 5.84. The van der Waals surface area contributed by atoms with E-state index >= 15 is 0 Å². The van der Waals surface area contributed by atoms with Crippen molar-refractivity contribution >= 4 is 5.91 Å². The molecule has 1 heterocycles. The zero-order chi connectivity index (χ0) is 14.2. The van der Waals surface area contributed by atoms with Crippen molar-refractivity contribution in [2.75, 3.05) is 7.05 Å². The van der Waals surface area contributed by atoms with E-state index in [2.05, 4.69) is 0 Å². The summed E-state index contributed by atoms with van der Waals surface area (Å²) in [6, 6.07) is 9.57. The van der Waals surface area contributed by atoms with Gasteiger partial charge in [0.15, 0.2) is 0 Å². The molecule has 1 aliphatic heterocycles. The Morgan fingerprint density at radius 2 is 1.89 bits per heavy atom. The number of hydrogen-bond donors (Lipinski definition) is 1. The summed E-state index contributed by atoms with van der Waals surface area (Å²) < 4.78 is 5.78. The Morgan fingerprint density at radius 3 is 2.42 bits per heavy atom. The fraction of sp³-hybridized carbons (Fsp3) is 0.533. The van der Waals surface area contributed by atoms with Crippen molar-refractivity contribution in [2.24, 2.45) is 5.92 Å². The summed E-state index contributed by atoms with van der Waals surface area (Å²) in [6.07, 6.45) is -0.323. The molecule has 1 amide bonds. The van der Waals surface area contributed by atoms with Gasteiger partial charge >= 0.3 is 0 Å². The predicted octanol–water partition coefficient (Wildman–Crippen LogP) is 1.95. The Labute approximate surface area is 114 Å². The van der Waals surface area contributed by atoms with E-state index in [-0.39, 0.29) is 24.0 Å². The van der Waals surface area contributed by atoms with Gasteiger partial charge in [0.25, 0.3) is 11.7 Å². The van der Waals surface area contributed by atoms with Gasteiger partial charge in [0.05, 0.1) is 6.04 Å². The Bertz CT molecular complexity index is 460. The van der Waals surface area contributed by atoms with Gasteiger partial charge < -0.3 is 14.7 Å². The highest BCUT2D eigenvalue weighted by atomic mass is 16.6. The third-order valence-electron chi connectivity index (χ3n) is 3.89. The molecule has 104 valence electrons. The Kier molecular flexibility index (Phi) is 3.65. The number of ether oxygens (including phenoxy) is 1. The van der Waals surface area contributed by atoms with Crippen molar-refractivity contribution in [3.05, 3.63) is 35.9 Å². The van der Waals surface area contributed by atoms with Crippen molar-refractivity contribution < 1.29 is 14.6 Å². The summed E-state index contributed by atoms with van der Waals surface area (Å²) in [6.45, 7) is 5.49. The quantitative estimate of drug-likeness (QED) is 0.887. The van der Waals surface area contributed by atoms with Crippen molar-refractivity contribution in [2.45, 2.75) is 38.7 Å². The second kappa shape index (κ2) is 4.94.